The Hall–Kier alpha value is -2.94. The van der Waals surface area contributed by atoms with Gasteiger partial charge >= 0.3 is 0 Å². The summed E-state index contributed by atoms with van der Waals surface area (Å²) in [6, 6.07) is 7.87. The van der Waals surface area contributed by atoms with Crippen molar-refractivity contribution in [2.45, 2.75) is 26.7 Å². The average Bonchev–Trinajstić information content (AvgIpc) is 3.38. The van der Waals surface area contributed by atoms with Gasteiger partial charge in [0, 0.05) is 12.1 Å². The van der Waals surface area contributed by atoms with Gasteiger partial charge in [-0.25, -0.2) is 0 Å². The molecule has 0 amide bonds. The van der Waals surface area contributed by atoms with E-state index in [4.69, 9.17) is 9.47 Å². The van der Waals surface area contributed by atoms with Crippen molar-refractivity contribution in [2.75, 3.05) is 14.2 Å². The highest BCUT2D eigenvalue weighted by molar-refractivity contribution is 7.19. The summed E-state index contributed by atoms with van der Waals surface area (Å²) in [7, 11) is 3.25. The van der Waals surface area contributed by atoms with Gasteiger partial charge in [-0.1, -0.05) is 31.3 Å². The van der Waals surface area contributed by atoms with Gasteiger partial charge < -0.3 is 9.47 Å². The second kappa shape index (κ2) is 7.59. The molecule has 8 nitrogen and oxygen atoms in total. The van der Waals surface area contributed by atoms with Crippen molar-refractivity contribution in [3.05, 3.63) is 41.3 Å². The minimum Gasteiger partial charge on any atom is -0.493 e. The molecule has 4 aromatic rings. The first-order chi connectivity index (χ1) is 13.6. The molecule has 0 saturated heterocycles. The fourth-order valence-electron chi connectivity index (χ4n) is 3.06. The first-order valence-corrected chi connectivity index (χ1v) is 9.85. The van der Waals surface area contributed by atoms with Crippen molar-refractivity contribution in [3.63, 3.8) is 0 Å². The van der Waals surface area contributed by atoms with Crippen LogP contribution in [0.5, 0.6) is 11.5 Å². The van der Waals surface area contributed by atoms with E-state index in [0.29, 0.717) is 23.8 Å². The molecular weight excluding hydrogens is 376 g/mol. The van der Waals surface area contributed by atoms with Crippen LogP contribution in [0.25, 0.3) is 15.7 Å². The zero-order chi connectivity index (χ0) is 19.7. The van der Waals surface area contributed by atoms with Crippen LogP contribution in [0.15, 0.2) is 24.3 Å². The topological polar surface area (TPSA) is 90.2 Å². The number of fused-ring (bicyclic) bond motifs is 1. The number of aromatic nitrogens is 6. The van der Waals surface area contributed by atoms with Gasteiger partial charge in [-0.15, -0.1) is 10.2 Å². The Balaban J connectivity index is 1.60. The van der Waals surface area contributed by atoms with Crippen LogP contribution in [0.2, 0.25) is 0 Å². The van der Waals surface area contributed by atoms with Crippen molar-refractivity contribution >= 4 is 16.3 Å². The first kappa shape index (κ1) is 18.4. The fraction of sp³-hybridized carbons (Fsp3) is 0.368. The van der Waals surface area contributed by atoms with Gasteiger partial charge in [-0.2, -0.15) is 14.7 Å². The maximum atomic E-state index is 5.38. The normalized spacial score (nSPS) is 11.5. The summed E-state index contributed by atoms with van der Waals surface area (Å²) in [6.45, 7) is 4.37. The molecule has 3 aromatic heterocycles. The maximum absolute atomic E-state index is 5.38. The van der Waals surface area contributed by atoms with Crippen molar-refractivity contribution in [1.29, 1.82) is 0 Å². The van der Waals surface area contributed by atoms with Gasteiger partial charge in [-0.05, 0) is 36.1 Å². The van der Waals surface area contributed by atoms with Gasteiger partial charge in [0.2, 0.25) is 4.96 Å². The molecule has 0 unspecified atom stereocenters. The van der Waals surface area contributed by atoms with E-state index in [0.717, 1.165) is 39.2 Å². The fourth-order valence-corrected chi connectivity index (χ4v) is 3.88. The van der Waals surface area contributed by atoms with E-state index in [-0.39, 0.29) is 0 Å². The van der Waals surface area contributed by atoms with Crippen molar-refractivity contribution in [3.8, 4) is 22.2 Å². The third-order valence-corrected chi connectivity index (χ3v) is 5.27. The summed E-state index contributed by atoms with van der Waals surface area (Å²) in [5, 5.41) is 21.6. The third-order valence-electron chi connectivity index (χ3n) is 4.34. The molecule has 0 bridgehead atoms. The van der Waals surface area contributed by atoms with Crippen molar-refractivity contribution in [1.82, 2.24) is 30.0 Å². The first-order valence-electron chi connectivity index (χ1n) is 9.04. The summed E-state index contributed by atoms with van der Waals surface area (Å²) in [4.78, 5) is 0.749. The minimum absolute atomic E-state index is 0.569. The molecule has 4 rings (SSSR count). The van der Waals surface area contributed by atoms with E-state index in [2.05, 4.69) is 45.4 Å². The van der Waals surface area contributed by atoms with E-state index < -0.39 is 0 Å². The molecule has 28 heavy (non-hydrogen) atoms. The number of nitrogens with one attached hydrogen (secondary N) is 1. The van der Waals surface area contributed by atoms with E-state index in [9.17, 15) is 0 Å². The summed E-state index contributed by atoms with van der Waals surface area (Å²) in [5.74, 6) is 2.72. The Bertz CT molecular complexity index is 1100. The SMILES string of the molecule is COc1ccc(Cc2nnc3sc(-c4cc(CC(C)C)[nH]n4)nn23)cc1OC. The van der Waals surface area contributed by atoms with Crippen molar-refractivity contribution in [2.24, 2.45) is 5.92 Å². The van der Waals surface area contributed by atoms with E-state index in [1.807, 2.05) is 18.2 Å². The Labute approximate surface area is 166 Å². The van der Waals surface area contributed by atoms with Gasteiger partial charge in [0.15, 0.2) is 22.3 Å². The predicted molar refractivity (Wildman–Crippen MR) is 107 cm³/mol. The zero-order valence-electron chi connectivity index (χ0n) is 16.3. The van der Waals surface area contributed by atoms with Crippen LogP contribution in [0.1, 0.15) is 30.9 Å². The van der Waals surface area contributed by atoms with Gasteiger partial charge in [-0.3, -0.25) is 5.10 Å². The number of hydrogen-bond donors (Lipinski definition) is 1. The van der Waals surface area contributed by atoms with Crippen molar-refractivity contribution < 1.29 is 9.47 Å². The highest BCUT2D eigenvalue weighted by Crippen LogP contribution is 2.29. The summed E-state index contributed by atoms with van der Waals surface area (Å²) in [5.41, 5.74) is 2.99. The quantitative estimate of drug-likeness (QED) is 0.513. The van der Waals surface area contributed by atoms with Gasteiger partial charge in [0.05, 0.1) is 14.2 Å². The van der Waals surface area contributed by atoms with Crippen LogP contribution in [0, 0.1) is 5.92 Å². The Morgan fingerprint density at radius 3 is 2.68 bits per heavy atom. The molecule has 1 aromatic carbocycles. The number of hydrogen-bond acceptors (Lipinski definition) is 7. The highest BCUT2D eigenvalue weighted by atomic mass is 32.1. The molecule has 0 aliphatic heterocycles. The molecule has 0 aliphatic carbocycles. The highest BCUT2D eigenvalue weighted by Gasteiger charge is 2.16. The lowest BCUT2D eigenvalue weighted by Gasteiger charge is -2.08. The number of nitrogens with zero attached hydrogens (tertiary/aromatic N) is 5. The van der Waals surface area contributed by atoms with Gasteiger partial charge in [0.25, 0.3) is 0 Å². The lowest BCUT2D eigenvalue weighted by molar-refractivity contribution is 0.354. The van der Waals surface area contributed by atoms with Gasteiger partial charge in [0.1, 0.15) is 5.69 Å². The number of H-pyrrole nitrogens is 1. The maximum Gasteiger partial charge on any atom is 0.235 e. The Kier molecular flexibility index (Phi) is 4.99. The number of methoxy groups -OCH3 is 2. The molecule has 0 fully saturated rings. The van der Waals surface area contributed by atoms with E-state index in [1.54, 1.807) is 18.7 Å². The molecule has 0 aliphatic rings. The number of rotatable bonds is 7. The lowest BCUT2D eigenvalue weighted by atomic mass is 10.1. The molecule has 9 heteroatoms. The molecule has 3 heterocycles. The second-order valence-corrected chi connectivity index (χ2v) is 7.92. The van der Waals surface area contributed by atoms with Crippen LogP contribution < -0.4 is 9.47 Å². The predicted octanol–water partition coefficient (Wildman–Crippen LogP) is 3.38. The largest absolute Gasteiger partial charge is 0.493 e. The molecule has 0 spiro atoms. The standard InChI is InChI=1S/C19H22N6O2S/c1-11(2)7-13-10-14(21-20-13)18-24-25-17(22-23-19(25)28-18)9-12-5-6-15(26-3)16(8-12)27-4/h5-6,8,10-11H,7,9H2,1-4H3,(H,20,21). The smallest absolute Gasteiger partial charge is 0.235 e. The number of ether oxygens (including phenoxy) is 2. The van der Waals surface area contributed by atoms with Crippen LogP contribution in [-0.2, 0) is 12.8 Å². The second-order valence-electron chi connectivity index (χ2n) is 6.96. The minimum atomic E-state index is 0.569. The molecule has 0 atom stereocenters. The van der Waals surface area contributed by atoms with E-state index in [1.165, 1.54) is 11.3 Å². The van der Waals surface area contributed by atoms with Crippen LogP contribution in [-0.4, -0.2) is 44.2 Å². The van der Waals surface area contributed by atoms with Crippen LogP contribution in [0.4, 0.5) is 0 Å². The summed E-state index contributed by atoms with van der Waals surface area (Å²) in [6.07, 6.45) is 1.55. The number of aromatic amines is 1. The lowest BCUT2D eigenvalue weighted by Crippen LogP contribution is -1.99. The summed E-state index contributed by atoms with van der Waals surface area (Å²) < 4.78 is 12.5. The third kappa shape index (κ3) is 3.57. The summed E-state index contributed by atoms with van der Waals surface area (Å²) >= 11 is 1.48. The molecule has 0 saturated carbocycles. The molecule has 0 radical (unpaired) electrons. The Morgan fingerprint density at radius 1 is 1.11 bits per heavy atom. The zero-order valence-corrected chi connectivity index (χ0v) is 17.1. The van der Waals surface area contributed by atoms with E-state index >= 15 is 0 Å². The molecule has 146 valence electrons. The average molecular weight is 398 g/mol. The molecular formula is C19H22N6O2S. The van der Waals surface area contributed by atoms with Crippen LogP contribution >= 0.6 is 11.3 Å². The monoisotopic (exact) mass is 398 g/mol. The van der Waals surface area contributed by atoms with Crippen LogP contribution in [0.3, 0.4) is 0 Å². The number of benzene rings is 1. The Morgan fingerprint density at radius 2 is 1.93 bits per heavy atom. The molecule has 1 N–H and O–H groups in total.